The van der Waals surface area contributed by atoms with Crippen molar-refractivity contribution in [2.45, 2.75) is 82.3 Å². The first-order valence-electron chi connectivity index (χ1n) is 14.0. The van der Waals surface area contributed by atoms with Crippen LogP contribution in [0.2, 0.25) is 0 Å². The van der Waals surface area contributed by atoms with E-state index in [-0.39, 0.29) is 11.7 Å². The van der Waals surface area contributed by atoms with Crippen molar-refractivity contribution in [3.8, 4) is 0 Å². The van der Waals surface area contributed by atoms with Crippen LogP contribution in [0, 0.1) is 12.7 Å². The molecule has 2 aromatic carbocycles. The van der Waals surface area contributed by atoms with Gasteiger partial charge < -0.3 is 10.6 Å². The molecule has 0 spiro atoms. The van der Waals surface area contributed by atoms with E-state index in [9.17, 15) is 9.18 Å². The van der Waals surface area contributed by atoms with Crippen LogP contribution in [-0.2, 0) is 11.2 Å². The van der Waals surface area contributed by atoms with E-state index in [1.807, 2.05) is 13.0 Å². The van der Waals surface area contributed by atoms with Crippen molar-refractivity contribution in [1.82, 2.24) is 9.80 Å². The Balaban J connectivity index is 1.08. The summed E-state index contributed by atoms with van der Waals surface area (Å²) in [6.45, 7) is 6.65. The zero-order valence-corrected chi connectivity index (χ0v) is 21.4. The molecule has 3 unspecified atom stereocenters. The number of carbonyl (C=O) groups excluding carboxylic acids is 1. The highest BCUT2D eigenvalue weighted by Crippen LogP contribution is 2.36. The molecule has 36 heavy (non-hydrogen) atoms. The topological polar surface area (TPSA) is 47.6 Å². The molecule has 4 aliphatic rings. The van der Waals surface area contributed by atoms with Crippen molar-refractivity contribution in [3.63, 3.8) is 0 Å². The highest BCUT2D eigenvalue weighted by Gasteiger charge is 2.38. The minimum atomic E-state index is -0.449. The molecule has 6 rings (SSSR count). The molecule has 2 saturated heterocycles. The van der Waals surface area contributed by atoms with Gasteiger partial charge in [-0.1, -0.05) is 43.9 Å². The summed E-state index contributed by atoms with van der Waals surface area (Å²) in [6, 6.07) is 12.6. The molecule has 1 saturated carbocycles. The second-order valence-electron chi connectivity index (χ2n) is 11.5. The maximum Gasteiger partial charge on any atom is 0.247 e. The molecule has 1 aliphatic carbocycles. The summed E-state index contributed by atoms with van der Waals surface area (Å²) < 4.78 is 14.3. The third kappa shape index (κ3) is 4.78. The van der Waals surface area contributed by atoms with Gasteiger partial charge in [0.15, 0.2) is 0 Å². The molecule has 3 fully saturated rings. The monoisotopic (exact) mass is 490 g/mol. The van der Waals surface area contributed by atoms with Crippen LogP contribution in [0.5, 0.6) is 0 Å². The van der Waals surface area contributed by atoms with Crippen LogP contribution in [-0.4, -0.2) is 60.0 Å². The number of amides is 1. The molecule has 0 aromatic heterocycles. The molecule has 0 radical (unpaired) electrons. The number of fused-ring (bicyclic) bond motifs is 2. The Bertz CT molecular complexity index is 1080. The SMILES string of the molecule is Cc1ccc(F)c2c1NC(C(=O)Nc1cccc(C3CC4CN(C5CCCCCC5)CCN4C3)c1)C2. The van der Waals surface area contributed by atoms with Crippen LogP contribution < -0.4 is 10.6 Å². The molecule has 192 valence electrons. The number of rotatable bonds is 4. The van der Waals surface area contributed by atoms with Crippen LogP contribution in [0.25, 0.3) is 0 Å². The lowest BCUT2D eigenvalue weighted by atomic mass is 9.95. The lowest BCUT2D eigenvalue weighted by Crippen LogP contribution is -2.53. The number of piperazine rings is 1. The average molecular weight is 491 g/mol. The van der Waals surface area contributed by atoms with Crippen molar-refractivity contribution in [3.05, 3.63) is 58.9 Å². The molecule has 3 aliphatic heterocycles. The number of hydrogen-bond acceptors (Lipinski definition) is 4. The molecule has 5 nitrogen and oxygen atoms in total. The van der Waals surface area contributed by atoms with E-state index in [0.29, 0.717) is 23.9 Å². The maximum absolute atomic E-state index is 14.3. The Morgan fingerprint density at radius 3 is 2.56 bits per heavy atom. The first-order valence-corrected chi connectivity index (χ1v) is 14.0. The van der Waals surface area contributed by atoms with E-state index in [1.54, 1.807) is 6.07 Å². The van der Waals surface area contributed by atoms with Crippen LogP contribution in [0.3, 0.4) is 0 Å². The van der Waals surface area contributed by atoms with Crippen LogP contribution in [0.15, 0.2) is 36.4 Å². The van der Waals surface area contributed by atoms with Gasteiger partial charge in [0.2, 0.25) is 5.91 Å². The number of carbonyl (C=O) groups is 1. The van der Waals surface area contributed by atoms with Gasteiger partial charge in [-0.25, -0.2) is 4.39 Å². The smallest absolute Gasteiger partial charge is 0.247 e. The molecule has 2 aromatic rings. The van der Waals surface area contributed by atoms with Crippen LogP contribution in [0.4, 0.5) is 15.8 Å². The van der Waals surface area contributed by atoms with E-state index in [1.165, 1.54) is 76.2 Å². The van der Waals surface area contributed by atoms with Gasteiger partial charge in [0.1, 0.15) is 11.9 Å². The van der Waals surface area contributed by atoms with Gasteiger partial charge in [0, 0.05) is 61.6 Å². The van der Waals surface area contributed by atoms with Gasteiger partial charge in [-0.05, 0) is 61.4 Å². The summed E-state index contributed by atoms with van der Waals surface area (Å²) in [7, 11) is 0. The number of anilines is 2. The molecule has 2 N–H and O–H groups in total. The number of aryl methyl sites for hydroxylation is 1. The van der Waals surface area contributed by atoms with E-state index in [0.717, 1.165) is 29.5 Å². The Morgan fingerprint density at radius 2 is 1.78 bits per heavy atom. The predicted molar refractivity (Wildman–Crippen MR) is 143 cm³/mol. The standard InChI is InChI=1S/C30H39FN4O/c1-20-11-12-27(31)26-17-28(33-29(20)26)30(36)32-23-8-6-7-21(15-23)22-16-25-19-35(14-13-34(25)18-22)24-9-4-2-3-5-10-24/h6-8,11-12,15,22,24-25,28,33H,2-5,9-10,13-14,16-19H2,1H3,(H,32,36). The first-order chi connectivity index (χ1) is 17.5. The van der Waals surface area contributed by atoms with Crippen LogP contribution >= 0.6 is 0 Å². The minimum Gasteiger partial charge on any atom is -0.373 e. The number of nitrogens with one attached hydrogen (secondary N) is 2. The molecule has 3 heterocycles. The highest BCUT2D eigenvalue weighted by molar-refractivity contribution is 5.98. The fourth-order valence-electron chi connectivity index (χ4n) is 7.09. The number of nitrogens with zero attached hydrogens (tertiary/aromatic N) is 2. The molecule has 6 heteroatoms. The zero-order valence-electron chi connectivity index (χ0n) is 21.4. The van der Waals surface area contributed by atoms with Gasteiger partial charge in [-0.15, -0.1) is 0 Å². The quantitative estimate of drug-likeness (QED) is 0.571. The lowest BCUT2D eigenvalue weighted by Gasteiger charge is -2.41. The van der Waals surface area contributed by atoms with Crippen molar-refractivity contribution >= 4 is 17.3 Å². The fourth-order valence-corrected chi connectivity index (χ4v) is 7.09. The number of halogens is 1. The summed E-state index contributed by atoms with van der Waals surface area (Å²) >= 11 is 0. The van der Waals surface area contributed by atoms with E-state index >= 15 is 0 Å². The van der Waals surface area contributed by atoms with Crippen LogP contribution in [0.1, 0.15) is 67.6 Å². The van der Waals surface area contributed by atoms with Crippen molar-refractivity contribution in [2.24, 2.45) is 0 Å². The summed E-state index contributed by atoms with van der Waals surface area (Å²) in [6.07, 6.45) is 9.95. The molecule has 0 bridgehead atoms. The third-order valence-corrected chi connectivity index (χ3v) is 9.12. The second kappa shape index (κ2) is 10.1. The zero-order chi connectivity index (χ0) is 24.6. The normalized spacial score (nSPS) is 27.2. The third-order valence-electron chi connectivity index (χ3n) is 9.12. The molecular formula is C30H39FN4O. The first kappa shape index (κ1) is 23.9. The summed E-state index contributed by atoms with van der Waals surface area (Å²) in [5, 5.41) is 6.33. The number of hydrogen-bond donors (Lipinski definition) is 2. The minimum absolute atomic E-state index is 0.106. The van der Waals surface area contributed by atoms with Gasteiger partial charge in [0.05, 0.1) is 0 Å². The average Bonchev–Trinajstić information content (AvgIpc) is 3.44. The second-order valence-corrected chi connectivity index (χ2v) is 11.5. The summed E-state index contributed by atoms with van der Waals surface area (Å²) in [5.41, 5.74) is 4.50. The Hall–Kier alpha value is -2.44. The lowest BCUT2D eigenvalue weighted by molar-refractivity contribution is -0.116. The van der Waals surface area contributed by atoms with Gasteiger partial charge >= 0.3 is 0 Å². The van der Waals surface area contributed by atoms with E-state index < -0.39 is 6.04 Å². The Kier molecular flexibility index (Phi) is 6.74. The van der Waals surface area contributed by atoms with Crippen molar-refractivity contribution in [2.75, 3.05) is 36.8 Å². The molecule has 3 atom stereocenters. The van der Waals surface area contributed by atoms with Gasteiger partial charge in [0.25, 0.3) is 0 Å². The largest absolute Gasteiger partial charge is 0.373 e. The Morgan fingerprint density at radius 1 is 1.00 bits per heavy atom. The van der Waals surface area contributed by atoms with E-state index in [2.05, 4.69) is 38.6 Å². The number of benzene rings is 2. The summed E-state index contributed by atoms with van der Waals surface area (Å²) in [5.74, 6) is 0.160. The van der Waals surface area contributed by atoms with Crippen molar-refractivity contribution in [1.29, 1.82) is 0 Å². The Labute approximate surface area is 214 Å². The maximum atomic E-state index is 14.3. The summed E-state index contributed by atoms with van der Waals surface area (Å²) in [4.78, 5) is 18.5. The van der Waals surface area contributed by atoms with Gasteiger partial charge in [-0.2, -0.15) is 0 Å². The molecular weight excluding hydrogens is 451 g/mol. The van der Waals surface area contributed by atoms with Crippen molar-refractivity contribution < 1.29 is 9.18 Å². The van der Waals surface area contributed by atoms with Gasteiger partial charge in [-0.3, -0.25) is 14.6 Å². The fraction of sp³-hybridized carbons (Fsp3) is 0.567. The van der Waals surface area contributed by atoms with E-state index in [4.69, 9.17) is 0 Å². The predicted octanol–water partition coefficient (Wildman–Crippen LogP) is 5.31. The highest BCUT2D eigenvalue weighted by atomic mass is 19.1. The molecule has 1 amide bonds.